The number of urea groups is 1. The molecule has 5 nitrogen and oxygen atoms in total. The van der Waals surface area contributed by atoms with E-state index in [2.05, 4.69) is 0 Å². The van der Waals surface area contributed by atoms with Crippen molar-refractivity contribution in [1.82, 2.24) is 9.80 Å². The van der Waals surface area contributed by atoms with Crippen molar-refractivity contribution in [3.8, 4) is 0 Å². The molecule has 0 aromatic heterocycles. The van der Waals surface area contributed by atoms with Crippen molar-refractivity contribution in [1.29, 1.82) is 0 Å². The van der Waals surface area contributed by atoms with Crippen LogP contribution in [-0.4, -0.2) is 52.6 Å². The normalized spacial score (nSPS) is 19.9. The van der Waals surface area contributed by atoms with E-state index < -0.39 is 12.0 Å². The van der Waals surface area contributed by atoms with Crippen molar-refractivity contribution in [2.75, 3.05) is 19.6 Å². The second-order valence-corrected chi connectivity index (χ2v) is 4.05. The van der Waals surface area contributed by atoms with Crippen LogP contribution in [0.5, 0.6) is 0 Å². The summed E-state index contributed by atoms with van der Waals surface area (Å²) in [6.07, 6.45) is 2.25. The number of carboxylic acids is 1. The fraction of sp³-hybridized carbons (Fsp3) is 0.818. The fourth-order valence-electron chi connectivity index (χ4n) is 2.09. The summed E-state index contributed by atoms with van der Waals surface area (Å²) in [6, 6.07) is -0.757. The molecule has 1 atom stereocenters. The van der Waals surface area contributed by atoms with Gasteiger partial charge in [-0.15, -0.1) is 0 Å². The van der Waals surface area contributed by atoms with E-state index in [4.69, 9.17) is 5.11 Å². The van der Waals surface area contributed by atoms with Gasteiger partial charge in [0, 0.05) is 19.6 Å². The Kier molecular flexibility index (Phi) is 4.58. The number of aliphatic carboxylic acids is 1. The summed E-state index contributed by atoms with van der Waals surface area (Å²) >= 11 is 0. The first-order valence-electron chi connectivity index (χ1n) is 5.90. The standard InChI is InChI=1S/C11H20N2O3/c1-3-7-12(4-2)11(16)13-8-5-6-9(13)10(14)15/h9H,3-8H2,1-2H3,(H,14,15). The van der Waals surface area contributed by atoms with Crippen LogP contribution in [-0.2, 0) is 4.79 Å². The van der Waals surface area contributed by atoms with E-state index in [9.17, 15) is 9.59 Å². The first kappa shape index (κ1) is 12.8. The zero-order valence-corrected chi connectivity index (χ0v) is 9.98. The van der Waals surface area contributed by atoms with Crippen LogP contribution in [0.25, 0.3) is 0 Å². The molecule has 16 heavy (non-hydrogen) atoms. The second kappa shape index (κ2) is 5.72. The first-order chi connectivity index (χ1) is 7.61. The Morgan fingerprint density at radius 1 is 1.44 bits per heavy atom. The molecule has 0 saturated carbocycles. The highest BCUT2D eigenvalue weighted by atomic mass is 16.4. The molecule has 1 rings (SSSR count). The lowest BCUT2D eigenvalue weighted by molar-refractivity contribution is -0.141. The number of nitrogens with zero attached hydrogens (tertiary/aromatic N) is 2. The van der Waals surface area contributed by atoms with Crippen molar-refractivity contribution in [3.05, 3.63) is 0 Å². The van der Waals surface area contributed by atoms with Gasteiger partial charge >= 0.3 is 12.0 Å². The Hall–Kier alpha value is -1.26. The minimum absolute atomic E-state index is 0.130. The number of hydrogen-bond donors (Lipinski definition) is 1. The number of amides is 2. The van der Waals surface area contributed by atoms with Crippen molar-refractivity contribution in [3.63, 3.8) is 0 Å². The van der Waals surface area contributed by atoms with Crippen LogP contribution in [0.4, 0.5) is 4.79 Å². The lowest BCUT2D eigenvalue weighted by atomic mass is 10.2. The summed E-state index contributed by atoms with van der Waals surface area (Å²) in [5.74, 6) is -0.890. The van der Waals surface area contributed by atoms with Gasteiger partial charge in [0.15, 0.2) is 0 Å². The van der Waals surface area contributed by atoms with Gasteiger partial charge in [0.05, 0.1) is 0 Å². The lowest BCUT2D eigenvalue weighted by Crippen LogP contribution is -2.48. The van der Waals surface area contributed by atoms with E-state index in [-0.39, 0.29) is 6.03 Å². The number of carbonyl (C=O) groups excluding carboxylic acids is 1. The molecular weight excluding hydrogens is 208 g/mol. The van der Waals surface area contributed by atoms with Crippen molar-refractivity contribution < 1.29 is 14.7 Å². The van der Waals surface area contributed by atoms with Crippen LogP contribution in [0.15, 0.2) is 0 Å². The quantitative estimate of drug-likeness (QED) is 0.791. The summed E-state index contributed by atoms with van der Waals surface area (Å²) in [4.78, 5) is 26.2. The number of carbonyl (C=O) groups is 2. The van der Waals surface area contributed by atoms with Crippen molar-refractivity contribution >= 4 is 12.0 Å². The Morgan fingerprint density at radius 2 is 2.12 bits per heavy atom. The molecule has 2 amide bonds. The highest BCUT2D eigenvalue weighted by Gasteiger charge is 2.35. The molecule has 1 unspecified atom stereocenters. The Bertz CT molecular complexity index is 268. The molecule has 0 bridgehead atoms. The van der Waals surface area contributed by atoms with E-state index in [0.29, 0.717) is 26.1 Å². The van der Waals surface area contributed by atoms with Crippen LogP contribution >= 0.6 is 0 Å². The predicted octanol–water partition coefficient (Wildman–Crippen LogP) is 1.39. The first-order valence-corrected chi connectivity index (χ1v) is 5.90. The third-order valence-electron chi connectivity index (χ3n) is 2.93. The van der Waals surface area contributed by atoms with Gasteiger partial charge in [-0.05, 0) is 26.2 Å². The molecule has 0 spiro atoms. The van der Waals surface area contributed by atoms with E-state index in [1.807, 2.05) is 13.8 Å². The molecule has 1 N–H and O–H groups in total. The molecular formula is C11H20N2O3. The van der Waals surface area contributed by atoms with Crippen LogP contribution < -0.4 is 0 Å². The molecule has 1 heterocycles. The van der Waals surface area contributed by atoms with E-state index in [1.165, 1.54) is 4.90 Å². The van der Waals surface area contributed by atoms with Crippen LogP contribution in [0.1, 0.15) is 33.1 Å². The van der Waals surface area contributed by atoms with Gasteiger partial charge in [-0.1, -0.05) is 6.92 Å². The minimum Gasteiger partial charge on any atom is -0.480 e. The van der Waals surface area contributed by atoms with E-state index >= 15 is 0 Å². The predicted molar refractivity (Wildman–Crippen MR) is 60.3 cm³/mol. The average Bonchev–Trinajstić information content (AvgIpc) is 2.73. The van der Waals surface area contributed by atoms with Crippen molar-refractivity contribution in [2.45, 2.75) is 39.2 Å². The smallest absolute Gasteiger partial charge is 0.326 e. The number of rotatable bonds is 4. The van der Waals surface area contributed by atoms with Gasteiger partial charge < -0.3 is 14.9 Å². The summed E-state index contributed by atoms with van der Waals surface area (Å²) in [5.41, 5.74) is 0. The summed E-state index contributed by atoms with van der Waals surface area (Å²) in [5, 5.41) is 9.00. The molecule has 1 aliphatic heterocycles. The van der Waals surface area contributed by atoms with Crippen LogP contribution in [0, 0.1) is 0 Å². The molecule has 0 aliphatic carbocycles. The summed E-state index contributed by atoms with van der Waals surface area (Å²) < 4.78 is 0. The largest absolute Gasteiger partial charge is 0.480 e. The molecule has 1 saturated heterocycles. The molecule has 92 valence electrons. The summed E-state index contributed by atoms with van der Waals surface area (Å²) in [7, 11) is 0. The van der Waals surface area contributed by atoms with Crippen LogP contribution in [0.2, 0.25) is 0 Å². The van der Waals surface area contributed by atoms with Gasteiger partial charge in [-0.25, -0.2) is 9.59 Å². The highest BCUT2D eigenvalue weighted by Crippen LogP contribution is 2.19. The topological polar surface area (TPSA) is 60.9 Å². The molecule has 1 fully saturated rings. The maximum Gasteiger partial charge on any atom is 0.326 e. The zero-order chi connectivity index (χ0) is 12.1. The maximum atomic E-state index is 12.1. The van der Waals surface area contributed by atoms with Gasteiger partial charge in [-0.3, -0.25) is 0 Å². The van der Waals surface area contributed by atoms with Crippen molar-refractivity contribution in [2.24, 2.45) is 0 Å². The number of carboxylic acid groups (broad SMARTS) is 1. The molecule has 0 radical (unpaired) electrons. The molecule has 0 aromatic rings. The second-order valence-electron chi connectivity index (χ2n) is 4.05. The monoisotopic (exact) mass is 228 g/mol. The van der Waals surface area contributed by atoms with Crippen LogP contribution in [0.3, 0.4) is 0 Å². The van der Waals surface area contributed by atoms with Gasteiger partial charge in [-0.2, -0.15) is 0 Å². The Balaban J connectivity index is 2.67. The van der Waals surface area contributed by atoms with Gasteiger partial charge in [0.25, 0.3) is 0 Å². The van der Waals surface area contributed by atoms with Gasteiger partial charge in [0.1, 0.15) is 6.04 Å². The highest BCUT2D eigenvalue weighted by molar-refractivity contribution is 5.83. The number of hydrogen-bond acceptors (Lipinski definition) is 2. The minimum atomic E-state index is -0.890. The molecule has 1 aliphatic rings. The average molecular weight is 228 g/mol. The third-order valence-corrected chi connectivity index (χ3v) is 2.93. The number of likely N-dealkylation sites (tertiary alicyclic amines) is 1. The molecule has 0 aromatic carbocycles. The zero-order valence-electron chi connectivity index (χ0n) is 9.98. The molecule has 5 heteroatoms. The van der Waals surface area contributed by atoms with Gasteiger partial charge in [0.2, 0.25) is 0 Å². The SMILES string of the molecule is CCCN(CC)C(=O)N1CCCC1C(=O)O. The van der Waals surface area contributed by atoms with E-state index in [0.717, 1.165) is 12.8 Å². The third kappa shape index (κ3) is 2.65. The Labute approximate surface area is 96.0 Å². The fourth-order valence-corrected chi connectivity index (χ4v) is 2.09. The summed E-state index contributed by atoms with van der Waals surface area (Å²) in [6.45, 7) is 5.82. The lowest BCUT2D eigenvalue weighted by Gasteiger charge is -2.29. The van der Waals surface area contributed by atoms with E-state index in [1.54, 1.807) is 4.90 Å². The maximum absolute atomic E-state index is 12.1. The Morgan fingerprint density at radius 3 is 2.62 bits per heavy atom.